The zero-order valence-electron chi connectivity index (χ0n) is 7.19. The first-order valence-electron chi connectivity index (χ1n) is 3.66. The predicted molar refractivity (Wildman–Crippen MR) is 46.6 cm³/mol. The molecule has 1 aromatic rings. The standard InChI is InChI=1S/C7H12N4O/c1-7(2,5-10-12)11-4-6(8)3-9-11/h3-4H,5,8H2,1-2H3. The second kappa shape index (κ2) is 2.92. The zero-order chi connectivity index (χ0) is 9.19. The van der Waals surface area contributed by atoms with Crippen molar-refractivity contribution in [1.29, 1.82) is 0 Å². The van der Waals surface area contributed by atoms with Gasteiger partial charge >= 0.3 is 0 Å². The van der Waals surface area contributed by atoms with Crippen LogP contribution in [0.2, 0.25) is 0 Å². The molecule has 0 saturated heterocycles. The molecule has 0 aliphatic rings. The molecular formula is C7H12N4O. The maximum absolute atomic E-state index is 10.1. The summed E-state index contributed by atoms with van der Waals surface area (Å²) in [7, 11) is 0. The molecule has 0 aromatic carbocycles. The smallest absolute Gasteiger partial charge is 0.106 e. The molecule has 0 radical (unpaired) electrons. The molecule has 2 N–H and O–H groups in total. The average molecular weight is 168 g/mol. The van der Waals surface area contributed by atoms with Crippen LogP contribution < -0.4 is 5.73 Å². The second-order valence-corrected chi connectivity index (χ2v) is 3.32. The van der Waals surface area contributed by atoms with Crippen LogP contribution in [0.3, 0.4) is 0 Å². The first-order chi connectivity index (χ1) is 5.56. The van der Waals surface area contributed by atoms with Gasteiger partial charge in [0.2, 0.25) is 0 Å². The summed E-state index contributed by atoms with van der Waals surface area (Å²) in [6.07, 6.45) is 3.23. The van der Waals surface area contributed by atoms with Gasteiger partial charge in [-0.05, 0) is 13.8 Å². The first-order valence-corrected chi connectivity index (χ1v) is 3.66. The molecule has 66 valence electrons. The van der Waals surface area contributed by atoms with Crippen molar-refractivity contribution in [1.82, 2.24) is 9.78 Å². The van der Waals surface area contributed by atoms with E-state index in [2.05, 4.69) is 10.3 Å². The van der Waals surface area contributed by atoms with Gasteiger partial charge in [-0.3, -0.25) is 4.68 Å². The van der Waals surface area contributed by atoms with Crippen LogP contribution in [-0.2, 0) is 5.54 Å². The van der Waals surface area contributed by atoms with Crippen LogP contribution in [0.4, 0.5) is 5.69 Å². The molecule has 0 atom stereocenters. The van der Waals surface area contributed by atoms with E-state index in [4.69, 9.17) is 5.73 Å². The van der Waals surface area contributed by atoms with Gasteiger partial charge in [0, 0.05) is 6.20 Å². The Morgan fingerprint density at radius 3 is 2.83 bits per heavy atom. The molecule has 0 unspecified atom stereocenters. The van der Waals surface area contributed by atoms with Crippen molar-refractivity contribution in [2.24, 2.45) is 5.18 Å². The summed E-state index contributed by atoms with van der Waals surface area (Å²) in [4.78, 5) is 10.1. The van der Waals surface area contributed by atoms with Gasteiger partial charge in [-0.15, -0.1) is 0 Å². The third-order valence-corrected chi connectivity index (χ3v) is 1.67. The van der Waals surface area contributed by atoms with Crippen LogP contribution in [0, 0.1) is 4.91 Å². The van der Waals surface area contributed by atoms with E-state index in [1.54, 1.807) is 17.1 Å². The summed E-state index contributed by atoms with van der Waals surface area (Å²) in [5.74, 6) is 0. The Balaban J connectivity index is 2.88. The highest BCUT2D eigenvalue weighted by Crippen LogP contribution is 2.15. The third kappa shape index (κ3) is 1.61. The maximum atomic E-state index is 10.1. The topological polar surface area (TPSA) is 73.3 Å². The molecule has 5 nitrogen and oxygen atoms in total. The molecule has 1 rings (SSSR count). The lowest BCUT2D eigenvalue weighted by molar-refractivity contribution is 0.330. The number of hydrogen-bond donors (Lipinski definition) is 1. The number of nitrogens with zero attached hydrogens (tertiary/aromatic N) is 3. The van der Waals surface area contributed by atoms with Crippen molar-refractivity contribution < 1.29 is 0 Å². The number of nitrogen functional groups attached to an aromatic ring is 1. The largest absolute Gasteiger partial charge is 0.396 e. The van der Waals surface area contributed by atoms with Crippen molar-refractivity contribution >= 4 is 5.69 Å². The molecule has 0 aliphatic heterocycles. The lowest BCUT2D eigenvalue weighted by atomic mass is 10.1. The highest BCUT2D eigenvalue weighted by Gasteiger charge is 2.21. The second-order valence-electron chi connectivity index (χ2n) is 3.32. The Morgan fingerprint density at radius 1 is 1.75 bits per heavy atom. The molecule has 0 bridgehead atoms. The van der Waals surface area contributed by atoms with E-state index < -0.39 is 0 Å². The van der Waals surface area contributed by atoms with Crippen LogP contribution in [0.15, 0.2) is 17.6 Å². The maximum Gasteiger partial charge on any atom is 0.106 e. The molecule has 1 heterocycles. The van der Waals surface area contributed by atoms with Crippen molar-refractivity contribution in [2.75, 3.05) is 12.3 Å². The zero-order valence-corrected chi connectivity index (χ0v) is 7.19. The molecule has 0 amide bonds. The van der Waals surface area contributed by atoms with Crippen LogP contribution in [0.5, 0.6) is 0 Å². The van der Waals surface area contributed by atoms with Gasteiger partial charge in [-0.1, -0.05) is 5.18 Å². The Bertz CT molecular complexity index is 279. The van der Waals surface area contributed by atoms with Crippen LogP contribution in [0.25, 0.3) is 0 Å². The Morgan fingerprint density at radius 2 is 2.42 bits per heavy atom. The van der Waals surface area contributed by atoms with E-state index in [9.17, 15) is 4.91 Å². The van der Waals surface area contributed by atoms with Crippen molar-refractivity contribution in [2.45, 2.75) is 19.4 Å². The number of aromatic nitrogens is 2. The number of nitrogens with two attached hydrogens (primary N) is 1. The molecule has 0 saturated carbocycles. The summed E-state index contributed by atoms with van der Waals surface area (Å²) < 4.78 is 1.64. The van der Waals surface area contributed by atoms with Gasteiger partial charge in [0.05, 0.1) is 17.4 Å². The van der Waals surface area contributed by atoms with E-state index in [-0.39, 0.29) is 12.1 Å². The van der Waals surface area contributed by atoms with Gasteiger partial charge < -0.3 is 5.73 Å². The highest BCUT2D eigenvalue weighted by atomic mass is 16.3. The van der Waals surface area contributed by atoms with Gasteiger partial charge in [0.1, 0.15) is 6.54 Å². The molecule has 1 aromatic heterocycles. The Hall–Kier alpha value is -1.39. The van der Waals surface area contributed by atoms with Crippen LogP contribution in [-0.4, -0.2) is 16.3 Å². The number of nitroso groups, excluding NO2 is 1. The number of anilines is 1. The first kappa shape index (κ1) is 8.70. The molecule has 0 spiro atoms. The normalized spacial score (nSPS) is 11.5. The molecule has 12 heavy (non-hydrogen) atoms. The highest BCUT2D eigenvalue weighted by molar-refractivity contribution is 5.30. The summed E-state index contributed by atoms with van der Waals surface area (Å²) in [5, 5.41) is 6.84. The lowest BCUT2D eigenvalue weighted by Gasteiger charge is -2.21. The van der Waals surface area contributed by atoms with E-state index in [0.29, 0.717) is 5.69 Å². The van der Waals surface area contributed by atoms with Crippen molar-refractivity contribution in [3.05, 3.63) is 17.3 Å². The third-order valence-electron chi connectivity index (χ3n) is 1.67. The fourth-order valence-electron chi connectivity index (χ4n) is 0.898. The fraction of sp³-hybridized carbons (Fsp3) is 0.571. The summed E-state index contributed by atoms with van der Waals surface area (Å²) in [5.41, 5.74) is 5.68. The predicted octanol–water partition coefficient (Wildman–Crippen LogP) is 0.967. The lowest BCUT2D eigenvalue weighted by Crippen LogP contribution is -2.29. The Labute approximate surface area is 70.5 Å². The monoisotopic (exact) mass is 168 g/mol. The van der Waals surface area contributed by atoms with Crippen LogP contribution >= 0.6 is 0 Å². The average Bonchev–Trinajstić information content (AvgIpc) is 2.36. The minimum absolute atomic E-state index is 0.189. The number of rotatable bonds is 3. The van der Waals surface area contributed by atoms with Gasteiger partial charge in [0.25, 0.3) is 0 Å². The van der Waals surface area contributed by atoms with Gasteiger partial charge in [-0.25, -0.2) is 0 Å². The summed E-state index contributed by atoms with van der Waals surface area (Å²) in [6.45, 7) is 3.94. The number of hydrogen-bond acceptors (Lipinski definition) is 4. The molecular weight excluding hydrogens is 156 g/mol. The van der Waals surface area contributed by atoms with E-state index in [1.165, 1.54) is 0 Å². The van der Waals surface area contributed by atoms with E-state index in [1.807, 2.05) is 13.8 Å². The van der Waals surface area contributed by atoms with Crippen molar-refractivity contribution in [3.63, 3.8) is 0 Å². The molecule has 0 fully saturated rings. The summed E-state index contributed by atoms with van der Waals surface area (Å²) in [6, 6.07) is 0. The van der Waals surface area contributed by atoms with E-state index in [0.717, 1.165) is 0 Å². The quantitative estimate of drug-likeness (QED) is 0.683. The minimum atomic E-state index is -0.390. The fourth-order valence-corrected chi connectivity index (χ4v) is 0.898. The van der Waals surface area contributed by atoms with E-state index >= 15 is 0 Å². The molecule has 0 aliphatic carbocycles. The molecule has 5 heteroatoms. The van der Waals surface area contributed by atoms with Crippen LogP contribution in [0.1, 0.15) is 13.8 Å². The SMILES string of the molecule is CC(C)(CN=O)n1cc(N)cn1. The van der Waals surface area contributed by atoms with Gasteiger partial charge in [0.15, 0.2) is 0 Å². The Kier molecular flexibility index (Phi) is 2.12. The van der Waals surface area contributed by atoms with Gasteiger partial charge in [-0.2, -0.15) is 10.0 Å². The summed E-state index contributed by atoms with van der Waals surface area (Å²) >= 11 is 0. The van der Waals surface area contributed by atoms with Crippen molar-refractivity contribution in [3.8, 4) is 0 Å². The minimum Gasteiger partial charge on any atom is -0.396 e.